The standard InChI is InChI=1S/C18H15ClN4OS/c1-24-14-4-2-3-12(9-14)10-15(19)18-22-21-17(25-18)13-5-7-23-8-6-20-16(23)11-13/h2-9,11,15H,10H2,1H3. The highest BCUT2D eigenvalue weighted by atomic mass is 35.5. The van der Waals surface area contributed by atoms with E-state index < -0.39 is 0 Å². The van der Waals surface area contributed by atoms with Gasteiger partial charge in [-0.2, -0.15) is 0 Å². The molecule has 3 aromatic heterocycles. The van der Waals surface area contributed by atoms with Crippen molar-refractivity contribution in [2.75, 3.05) is 7.11 Å². The van der Waals surface area contributed by atoms with E-state index >= 15 is 0 Å². The zero-order valence-electron chi connectivity index (χ0n) is 13.5. The lowest BCUT2D eigenvalue weighted by Crippen LogP contribution is -1.96. The van der Waals surface area contributed by atoms with Gasteiger partial charge in [0.2, 0.25) is 0 Å². The summed E-state index contributed by atoms with van der Waals surface area (Å²) in [4.78, 5) is 4.30. The highest BCUT2D eigenvalue weighted by Gasteiger charge is 2.16. The molecule has 7 heteroatoms. The van der Waals surface area contributed by atoms with E-state index in [-0.39, 0.29) is 5.38 Å². The molecule has 0 N–H and O–H groups in total. The second kappa shape index (κ2) is 6.82. The summed E-state index contributed by atoms with van der Waals surface area (Å²) in [6.45, 7) is 0. The van der Waals surface area contributed by atoms with Crippen LogP contribution in [0.4, 0.5) is 0 Å². The van der Waals surface area contributed by atoms with Gasteiger partial charge in [0.05, 0.1) is 12.5 Å². The second-order valence-corrected chi connectivity index (χ2v) is 7.11. The Kier molecular flexibility index (Phi) is 4.38. The van der Waals surface area contributed by atoms with Gasteiger partial charge in [0.1, 0.15) is 21.4 Å². The summed E-state index contributed by atoms with van der Waals surface area (Å²) in [5.41, 5.74) is 2.98. The first-order valence-corrected chi connectivity index (χ1v) is 9.02. The van der Waals surface area contributed by atoms with E-state index in [1.54, 1.807) is 13.3 Å². The number of hydrogen-bond acceptors (Lipinski definition) is 5. The summed E-state index contributed by atoms with van der Waals surface area (Å²) in [6.07, 6.45) is 6.32. The van der Waals surface area contributed by atoms with E-state index in [4.69, 9.17) is 16.3 Å². The molecule has 0 radical (unpaired) electrons. The predicted octanol–water partition coefficient (Wildman–Crippen LogP) is 4.38. The van der Waals surface area contributed by atoms with Crippen LogP contribution in [0.2, 0.25) is 0 Å². The summed E-state index contributed by atoms with van der Waals surface area (Å²) >= 11 is 8.08. The Bertz CT molecular complexity index is 1010. The molecule has 5 nitrogen and oxygen atoms in total. The average molecular weight is 371 g/mol. The fourth-order valence-electron chi connectivity index (χ4n) is 2.61. The third kappa shape index (κ3) is 3.36. The number of pyridine rings is 1. The van der Waals surface area contributed by atoms with E-state index in [1.165, 1.54) is 11.3 Å². The van der Waals surface area contributed by atoms with Crippen LogP contribution < -0.4 is 4.74 Å². The molecule has 3 heterocycles. The molecule has 0 aliphatic rings. The quantitative estimate of drug-likeness (QED) is 0.489. The van der Waals surface area contributed by atoms with Crippen LogP contribution in [0, 0.1) is 0 Å². The molecule has 0 aliphatic heterocycles. The van der Waals surface area contributed by atoms with Gasteiger partial charge in [0.25, 0.3) is 0 Å². The number of hydrogen-bond donors (Lipinski definition) is 0. The molecule has 4 aromatic rings. The number of ether oxygens (including phenoxy) is 1. The van der Waals surface area contributed by atoms with Gasteiger partial charge in [-0.3, -0.25) is 0 Å². The molecule has 0 fully saturated rings. The normalized spacial score (nSPS) is 12.4. The van der Waals surface area contributed by atoms with Gasteiger partial charge >= 0.3 is 0 Å². The van der Waals surface area contributed by atoms with Crippen LogP contribution in [-0.4, -0.2) is 26.7 Å². The van der Waals surface area contributed by atoms with Crippen LogP contribution in [0.5, 0.6) is 5.75 Å². The van der Waals surface area contributed by atoms with Gasteiger partial charge in [0.15, 0.2) is 0 Å². The van der Waals surface area contributed by atoms with Gasteiger partial charge < -0.3 is 9.14 Å². The summed E-state index contributed by atoms with van der Waals surface area (Å²) in [7, 11) is 1.66. The molecule has 0 saturated heterocycles. The lowest BCUT2D eigenvalue weighted by atomic mass is 10.1. The molecule has 1 unspecified atom stereocenters. The van der Waals surface area contributed by atoms with Crippen molar-refractivity contribution in [3.63, 3.8) is 0 Å². The Labute approximate surface area is 153 Å². The topological polar surface area (TPSA) is 52.3 Å². The summed E-state index contributed by atoms with van der Waals surface area (Å²) < 4.78 is 7.21. The average Bonchev–Trinajstić information content (AvgIpc) is 3.30. The van der Waals surface area contributed by atoms with Crippen molar-refractivity contribution in [1.82, 2.24) is 19.6 Å². The summed E-state index contributed by atoms with van der Waals surface area (Å²) in [5.74, 6) is 0.826. The fraction of sp³-hybridized carbons (Fsp3) is 0.167. The molecular formula is C18H15ClN4OS. The predicted molar refractivity (Wildman–Crippen MR) is 99.4 cm³/mol. The van der Waals surface area contributed by atoms with Crippen molar-refractivity contribution >= 4 is 28.6 Å². The lowest BCUT2D eigenvalue weighted by Gasteiger charge is -2.07. The summed E-state index contributed by atoms with van der Waals surface area (Å²) in [6, 6.07) is 11.9. The number of methoxy groups -OCH3 is 1. The van der Waals surface area contributed by atoms with E-state index in [1.807, 2.05) is 53.2 Å². The minimum absolute atomic E-state index is 0.228. The maximum absolute atomic E-state index is 6.57. The Hall–Kier alpha value is -2.44. The molecule has 0 spiro atoms. The van der Waals surface area contributed by atoms with Crippen molar-refractivity contribution in [1.29, 1.82) is 0 Å². The maximum Gasteiger partial charge on any atom is 0.148 e. The van der Waals surface area contributed by atoms with Crippen LogP contribution in [0.1, 0.15) is 15.9 Å². The molecule has 126 valence electrons. The minimum Gasteiger partial charge on any atom is -0.497 e. The largest absolute Gasteiger partial charge is 0.497 e. The van der Waals surface area contributed by atoms with E-state index in [2.05, 4.69) is 15.2 Å². The number of nitrogens with zero attached hydrogens (tertiary/aromatic N) is 4. The Morgan fingerprint density at radius 2 is 2.12 bits per heavy atom. The monoisotopic (exact) mass is 370 g/mol. The van der Waals surface area contributed by atoms with E-state index in [0.29, 0.717) is 6.42 Å². The third-order valence-electron chi connectivity index (χ3n) is 3.90. The molecule has 1 aromatic carbocycles. The van der Waals surface area contributed by atoms with Crippen LogP contribution >= 0.6 is 22.9 Å². The molecule has 0 amide bonds. The minimum atomic E-state index is -0.228. The van der Waals surface area contributed by atoms with E-state index in [9.17, 15) is 0 Å². The highest BCUT2D eigenvalue weighted by Crippen LogP contribution is 2.32. The Balaban J connectivity index is 1.55. The fourth-order valence-corrected chi connectivity index (χ4v) is 3.79. The number of benzene rings is 1. The van der Waals surface area contributed by atoms with Gasteiger partial charge in [-0.25, -0.2) is 4.98 Å². The van der Waals surface area contributed by atoms with Gasteiger partial charge in [-0.1, -0.05) is 23.5 Å². The van der Waals surface area contributed by atoms with Crippen molar-refractivity contribution in [2.24, 2.45) is 0 Å². The molecule has 1 atom stereocenters. The first-order valence-electron chi connectivity index (χ1n) is 7.76. The maximum atomic E-state index is 6.57. The molecule has 25 heavy (non-hydrogen) atoms. The van der Waals surface area contributed by atoms with Crippen molar-refractivity contribution in [3.8, 4) is 16.3 Å². The van der Waals surface area contributed by atoms with Crippen molar-refractivity contribution in [2.45, 2.75) is 11.8 Å². The molecule has 4 rings (SSSR count). The second-order valence-electron chi connectivity index (χ2n) is 5.58. The number of imidazole rings is 1. The smallest absolute Gasteiger partial charge is 0.148 e. The van der Waals surface area contributed by atoms with Crippen molar-refractivity contribution in [3.05, 3.63) is 65.6 Å². The number of halogens is 1. The third-order valence-corrected chi connectivity index (χ3v) is 5.48. The zero-order chi connectivity index (χ0) is 17.2. The van der Waals surface area contributed by atoms with E-state index in [0.717, 1.165) is 32.5 Å². The van der Waals surface area contributed by atoms with Crippen LogP contribution in [0.15, 0.2) is 55.0 Å². The zero-order valence-corrected chi connectivity index (χ0v) is 15.0. The van der Waals surface area contributed by atoms with Gasteiger partial charge in [-0.05, 0) is 36.2 Å². The number of fused-ring (bicyclic) bond motifs is 1. The van der Waals surface area contributed by atoms with Gasteiger partial charge in [0, 0.05) is 24.2 Å². The first kappa shape index (κ1) is 16.1. The molecule has 0 saturated carbocycles. The summed E-state index contributed by atoms with van der Waals surface area (Å²) in [5, 5.41) is 10.00. The van der Waals surface area contributed by atoms with Crippen LogP contribution in [0.3, 0.4) is 0 Å². The number of alkyl halides is 1. The number of aromatic nitrogens is 4. The molecule has 0 bridgehead atoms. The Morgan fingerprint density at radius 1 is 1.20 bits per heavy atom. The van der Waals surface area contributed by atoms with Gasteiger partial charge in [-0.15, -0.1) is 21.8 Å². The first-order chi connectivity index (χ1) is 12.2. The lowest BCUT2D eigenvalue weighted by molar-refractivity contribution is 0.414. The molecular weight excluding hydrogens is 356 g/mol. The van der Waals surface area contributed by atoms with Crippen LogP contribution in [-0.2, 0) is 6.42 Å². The molecule has 0 aliphatic carbocycles. The van der Waals surface area contributed by atoms with Crippen LogP contribution in [0.25, 0.3) is 16.2 Å². The Morgan fingerprint density at radius 3 is 3.00 bits per heavy atom. The van der Waals surface area contributed by atoms with Crippen molar-refractivity contribution < 1.29 is 4.74 Å². The highest BCUT2D eigenvalue weighted by molar-refractivity contribution is 7.15. The number of rotatable bonds is 5. The SMILES string of the molecule is COc1cccc(CC(Cl)c2nnc(-c3ccn4ccnc4c3)s2)c1.